The standard InChI is InChI=1S/C115H73N13OSi2/c1-5-32-77(33-6-1)130(78-34-7-2-8-35-78,81-64-62-76(63-65-81)121-93-47-19-13-40-84(93)85-41-14-20-48-94(85)121)82-70-108(122-95-49-21-15-42-86(95)87-43-16-22-50-96(87)122)119-109(71-82)128-103-56-28-25-53-100(103)124-98-67-61-74(68-92(98)118-115(124)128)75-60-66-91-105(69-75)125-101-54-26-29-57-104(101)127(114(125)117-91)111-73-83(72-110(120-111)126-102-55-27-24-52-99(102)123-97-51-23-18-46-90(97)116-113(123)126)131(79-36-9-3-10-37-79,80-38-11-4-12-39-80)107-59-31-45-89-88-44-17-30-58-106(88)129-112(89)107/h1-73H. The first kappa shape index (κ1) is 72.9. The van der Waals surface area contributed by atoms with E-state index in [0.29, 0.717) is 17.4 Å². The number of hydrogen-bond acceptors (Lipinski definition) is 6. The number of benzene rings is 17. The molecule has 0 atom stereocenters. The summed E-state index contributed by atoms with van der Waals surface area (Å²) in [7, 11) is -7.00. The molecule has 0 saturated heterocycles. The summed E-state index contributed by atoms with van der Waals surface area (Å²) in [5.41, 5.74) is 20.7. The average molecular weight is 1710 g/mol. The third-order valence-electron chi connectivity index (χ3n) is 27.6. The molecule has 11 aromatic heterocycles. The number of furan rings is 1. The molecular formula is C115H73N13OSi2. The van der Waals surface area contributed by atoms with Gasteiger partial charge in [-0.1, -0.05) is 303 Å². The van der Waals surface area contributed by atoms with Gasteiger partial charge in [-0.05, 0) is 192 Å². The van der Waals surface area contributed by atoms with E-state index in [4.69, 9.17) is 29.3 Å². The molecule has 0 N–H and O–H groups in total. The molecule has 0 spiro atoms. The summed E-state index contributed by atoms with van der Waals surface area (Å²) in [6, 6.07) is 162. The van der Waals surface area contributed by atoms with Gasteiger partial charge in [-0.15, -0.1) is 0 Å². The highest BCUT2D eigenvalue weighted by Crippen LogP contribution is 2.41. The van der Waals surface area contributed by atoms with Crippen LogP contribution in [0.2, 0.25) is 0 Å². The monoisotopic (exact) mass is 1710 g/mol. The van der Waals surface area contributed by atoms with Crippen LogP contribution in [0.1, 0.15) is 0 Å². The molecular weight excluding hydrogens is 1640 g/mol. The van der Waals surface area contributed by atoms with Crippen molar-refractivity contribution in [2.45, 2.75) is 0 Å². The summed E-state index contributed by atoms with van der Waals surface area (Å²) in [6.45, 7) is 0. The second-order valence-electron chi connectivity index (χ2n) is 34.3. The van der Waals surface area contributed by atoms with Crippen molar-refractivity contribution in [1.82, 2.24) is 61.0 Å². The molecule has 0 saturated carbocycles. The smallest absolute Gasteiger partial charge is 0.221 e. The molecule has 16 heteroatoms. The van der Waals surface area contributed by atoms with Gasteiger partial charge in [0.15, 0.2) is 16.1 Å². The van der Waals surface area contributed by atoms with Crippen molar-refractivity contribution < 1.29 is 4.42 Å². The third kappa shape index (κ3) is 10.4. The topological polar surface area (TPSA) is 115 Å². The number of aromatic nitrogens is 13. The molecule has 0 aliphatic heterocycles. The van der Waals surface area contributed by atoms with E-state index < -0.39 is 16.1 Å². The summed E-state index contributed by atoms with van der Waals surface area (Å²) in [6.07, 6.45) is 0. The third-order valence-corrected chi connectivity index (χ3v) is 37.1. The van der Waals surface area contributed by atoms with Crippen LogP contribution in [0.4, 0.5) is 0 Å². The SMILES string of the molecule is c1ccc([Si](c2ccccc2)(c2ccc(-n3c4ccccc4c4ccccc43)cc2)c2cc(-n3c4ccccc4c4ccccc43)nc(-n3c4ccccc4n4c5ccc(-c6ccc7nc8n(-c9cc([Si](c%10ccccc%10)(c%10ccccc%10)c%10cccc%11c%10oc%10ccccc%10%11)cc(-n%10c%11ccccc%11n%11c%12ccccc%12nc%10%11)n9)c9ccccc9n8c7c6)cc5nc34)c2)cc1. The number of rotatable bonds is 14. The summed E-state index contributed by atoms with van der Waals surface area (Å²) >= 11 is 0. The van der Waals surface area contributed by atoms with Gasteiger partial charge in [0, 0.05) is 38.0 Å². The summed E-state index contributed by atoms with van der Waals surface area (Å²) in [5, 5.41) is 16.4. The lowest BCUT2D eigenvalue weighted by Gasteiger charge is -2.35. The Morgan fingerprint density at radius 3 is 1.03 bits per heavy atom. The Bertz CT molecular complexity index is 9400. The Morgan fingerprint density at radius 2 is 0.534 bits per heavy atom. The molecule has 0 aliphatic carbocycles. The van der Waals surface area contributed by atoms with Gasteiger partial charge in [0.25, 0.3) is 0 Å². The number of pyridine rings is 2. The molecule has 0 aliphatic rings. The molecule has 131 heavy (non-hydrogen) atoms. The fourth-order valence-electron chi connectivity index (χ4n) is 22.1. The zero-order chi connectivity index (χ0) is 85.7. The van der Waals surface area contributed by atoms with Gasteiger partial charge in [0.05, 0.1) is 88.3 Å². The minimum absolute atomic E-state index is 0.695. The number of hydrogen-bond donors (Lipinski definition) is 0. The fraction of sp³-hybridized carbons (Fsp3) is 0. The average Bonchev–Trinajstić information content (AvgIpc) is 1.71. The molecule has 11 heterocycles. The summed E-state index contributed by atoms with van der Waals surface area (Å²) in [4.78, 5) is 29.2. The lowest BCUT2D eigenvalue weighted by atomic mass is 10.0. The molecule has 28 rings (SSSR count). The molecule has 0 radical (unpaired) electrons. The van der Waals surface area contributed by atoms with E-state index in [1.165, 1.54) is 47.7 Å². The van der Waals surface area contributed by atoms with Crippen molar-refractivity contribution in [3.05, 3.63) is 443 Å². The molecule has 612 valence electrons. The van der Waals surface area contributed by atoms with Crippen LogP contribution in [0.5, 0.6) is 0 Å². The van der Waals surface area contributed by atoms with Crippen LogP contribution < -0.4 is 41.5 Å². The molecule has 0 bridgehead atoms. The maximum Gasteiger partial charge on any atom is 0.221 e. The van der Waals surface area contributed by atoms with Gasteiger partial charge in [-0.25, -0.2) is 24.9 Å². The van der Waals surface area contributed by atoms with E-state index in [2.05, 4.69) is 479 Å². The highest BCUT2D eigenvalue weighted by molar-refractivity contribution is 7.21. The second-order valence-corrected chi connectivity index (χ2v) is 41.9. The minimum atomic E-state index is -3.57. The number of fused-ring (bicyclic) bond motifs is 24. The molecule has 0 fully saturated rings. The molecule has 0 amide bonds. The van der Waals surface area contributed by atoms with Crippen LogP contribution >= 0.6 is 0 Å². The molecule has 14 nitrogen and oxygen atoms in total. The van der Waals surface area contributed by atoms with E-state index in [1.54, 1.807) is 0 Å². The Labute approximate surface area is 749 Å². The first-order valence-electron chi connectivity index (χ1n) is 44.5. The van der Waals surface area contributed by atoms with Gasteiger partial charge in [-0.2, -0.15) is 0 Å². The zero-order valence-electron chi connectivity index (χ0n) is 70.4. The van der Waals surface area contributed by atoms with Crippen molar-refractivity contribution in [3.8, 4) is 40.1 Å². The van der Waals surface area contributed by atoms with E-state index in [1.807, 2.05) is 0 Å². The van der Waals surface area contributed by atoms with Crippen LogP contribution in [0.15, 0.2) is 447 Å². The van der Waals surface area contributed by atoms with Gasteiger partial charge < -0.3 is 8.98 Å². The predicted molar refractivity (Wildman–Crippen MR) is 540 cm³/mol. The van der Waals surface area contributed by atoms with Crippen LogP contribution in [0, 0.1) is 0 Å². The van der Waals surface area contributed by atoms with Crippen molar-refractivity contribution in [3.63, 3.8) is 0 Å². The van der Waals surface area contributed by atoms with Crippen LogP contribution in [-0.4, -0.2) is 77.1 Å². The minimum Gasteiger partial charge on any atom is -0.456 e. The van der Waals surface area contributed by atoms with Crippen LogP contribution in [0.25, 0.3) is 189 Å². The van der Waals surface area contributed by atoms with Crippen LogP contribution in [0.3, 0.4) is 0 Å². The largest absolute Gasteiger partial charge is 0.456 e. The number of para-hydroxylation sites is 14. The van der Waals surface area contributed by atoms with E-state index >= 15 is 0 Å². The Balaban J connectivity index is 0.650. The van der Waals surface area contributed by atoms with Crippen molar-refractivity contribution in [2.24, 2.45) is 0 Å². The number of imidazole rings is 6. The maximum absolute atomic E-state index is 7.25. The van der Waals surface area contributed by atoms with Crippen LogP contribution in [-0.2, 0) is 0 Å². The fourth-order valence-corrected chi connectivity index (χ4v) is 31.7. The van der Waals surface area contributed by atoms with Crippen molar-refractivity contribution in [2.75, 3.05) is 0 Å². The first-order valence-corrected chi connectivity index (χ1v) is 48.5. The Hall–Kier alpha value is -17.3. The maximum atomic E-state index is 7.25. The Morgan fingerprint density at radius 1 is 0.191 bits per heavy atom. The zero-order valence-corrected chi connectivity index (χ0v) is 72.4. The quantitative estimate of drug-likeness (QED) is 0.0791. The first-order chi connectivity index (χ1) is 65.0. The van der Waals surface area contributed by atoms with Gasteiger partial charge >= 0.3 is 0 Å². The lowest BCUT2D eigenvalue weighted by Crippen LogP contribution is -2.75. The van der Waals surface area contributed by atoms with Gasteiger partial charge in [0.1, 0.15) is 34.4 Å². The normalized spacial score (nSPS) is 12.4. The van der Waals surface area contributed by atoms with E-state index in [0.717, 1.165) is 166 Å². The van der Waals surface area contributed by atoms with E-state index in [9.17, 15) is 0 Å². The van der Waals surface area contributed by atoms with Crippen molar-refractivity contribution >= 4 is 207 Å². The van der Waals surface area contributed by atoms with Gasteiger partial charge in [-0.3, -0.25) is 31.5 Å². The molecule has 0 unspecified atom stereocenters. The summed E-state index contributed by atoms with van der Waals surface area (Å²) < 4.78 is 25.8. The van der Waals surface area contributed by atoms with E-state index in [-0.39, 0.29) is 0 Å². The highest BCUT2D eigenvalue weighted by atomic mass is 28.3. The predicted octanol–water partition coefficient (Wildman–Crippen LogP) is 21.2. The Kier molecular flexibility index (Phi) is 15.6. The molecule has 28 aromatic rings. The number of nitrogens with zero attached hydrogens (tertiary/aromatic N) is 13. The lowest BCUT2D eigenvalue weighted by molar-refractivity contribution is 0.671. The van der Waals surface area contributed by atoms with Crippen molar-refractivity contribution in [1.29, 1.82) is 0 Å². The highest BCUT2D eigenvalue weighted by Gasteiger charge is 2.46. The second kappa shape index (κ2) is 28.1. The summed E-state index contributed by atoms with van der Waals surface area (Å²) in [5.74, 6) is 5.16. The van der Waals surface area contributed by atoms with Gasteiger partial charge in [0.2, 0.25) is 17.3 Å². The molecule has 17 aromatic carbocycles.